The Hall–Kier alpha value is -1.06. The van der Waals surface area contributed by atoms with Crippen LogP contribution in [0.2, 0.25) is 0 Å². The monoisotopic (exact) mass is 202 g/mol. The quantitative estimate of drug-likeness (QED) is 0.558. The zero-order chi connectivity index (χ0) is 11.4. The Morgan fingerprint density at radius 2 is 1.86 bits per heavy atom. The first-order valence-electron chi connectivity index (χ1n) is 4.73. The molecule has 1 N–H and O–H groups in total. The van der Waals surface area contributed by atoms with Crippen LogP contribution in [-0.4, -0.2) is 22.6 Å². The first-order valence-corrected chi connectivity index (χ1v) is 4.73. The molecule has 0 radical (unpaired) electrons. The number of carboxylic acid groups (broad SMARTS) is 1. The van der Waals surface area contributed by atoms with Gasteiger partial charge in [0.15, 0.2) is 5.92 Å². The Labute approximate surface area is 84.3 Å². The van der Waals surface area contributed by atoms with Crippen molar-refractivity contribution in [3.63, 3.8) is 0 Å². The molecule has 0 rings (SSSR count). The molecular weight excluding hydrogens is 184 g/mol. The number of esters is 1. The average molecular weight is 202 g/mol. The van der Waals surface area contributed by atoms with Crippen molar-refractivity contribution in [3.05, 3.63) is 0 Å². The molecule has 82 valence electrons. The molecule has 4 nitrogen and oxygen atoms in total. The molecule has 0 bridgehead atoms. The molecule has 0 spiro atoms. The van der Waals surface area contributed by atoms with Crippen LogP contribution >= 0.6 is 0 Å². The standard InChI is InChI=1S/C10H18O4/c1-5-6-7(8(11)12)9(13)14-10(2,3)4/h7H,5-6H2,1-4H3,(H,11,12). The van der Waals surface area contributed by atoms with Crippen molar-refractivity contribution >= 4 is 11.9 Å². The molecule has 0 amide bonds. The van der Waals surface area contributed by atoms with E-state index < -0.39 is 23.5 Å². The summed E-state index contributed by atoms with van der Waals surface area (Å²) in [5.41, 5.74) is -0.626. The smallest absolute Gasteiger partial charge is 0.320 e. The minimum atomic E-state index is -1.11. The van der Waals surface area contributed by atoms with Crippen molar-refractivity contribution in [3.8, 4) is 0 Å². The fourth-order valence-corrected chi connectivity index (χ4v) is 1.00. The van der Waals surface area contributed by atoms with Crippen molar-refractivity contribution < 1.29 is 19.4 Å². The average Bonchev–Trinajstić information content (AvgIpc) is 1.95. The van der Waals surface area contributed by atoms with Crippen LogP contribution in [0.5, 0.6) is 0 Å². The molecule has 14 heavy (non-hydrogen) atoms. The maximum Gasteiger partial charge on any atom is 0.320 e. The van der Waals surface area contributed by atoms with Crippen molar-refractivity contribution in [1.29, 1.82) is 0 Å². The van der Waals surface area contributed by atoms with Gasteiger partial charge in [-0.1, -0.05) is 13.3 Å². The summed E-state index contributed by atoms with van der Waals surface area (Å²) in [5, 5.41) is 8.77. The highest BCUT2D eigenvalue weighted by molar-refractivity contribution is 5.94. The van der Waals surface area contributed by atoms with Crippen LogP contribution in [0, 0.1) is 5.92 Å². The lowest BCUT2D eigenvalue weighted by atomic mass is 10.0. The number of rotatable bonds is 4. The third-order valence-corrected chi connectivity index (χ3v) is 1.57. The Bertz CT molecular complexity index is 215. The number of hydrogen-bond donors (Lipinski definition) is 1. The Morgan fingerprint density at radius 1 is 1.36 bits per heavy atom. The second kappa shape index (κ2) is 4.98. The Morgan fingerprint density at radius 3 is 2.14 bits per heavy atom. The van der Waals surface area contributed by atoms with E-state index in [0.717, 1.165) is 0 Å². The molecule has 4 heteroatoms. The fraction of sp³-hybridized carbons (Fsp3) is 0.800. The predicted octanol–water partition coefficient (Wildman–Crippen LogP) is 1.83. The van der Waals surface area contributed by atoms with E-state index in [1.165, 1.54) is 0 Å². The molecule has 1 unspecified atom stereocenters. The molecule has 0 aromatic heterocycles. The topological polar surface area (TPSA) is 63.6 Å². The summed E-state index contributed by atoms with van der Waals surface area (Å²) < 4.78 is 4.99. The van der Waals surface area contributed by atoms with E-state index in [1.54, 1.807) is 20.8 Å². The number of carboxylic acids is 1. The number of carbonyl (C=O) groups excluding carboxylic acids is 1. The van der Waals surface area contributed by atoms with E-state index in [2.05, 4.69) is 0 Å². The van der Waals surface area contributed by atoms with Gasteiger partial charge in [0.1, 0.15) is 5.60 Å². The predicted molar refractivity (Wildman–Crippen MR) is 51.9 cm³/mol. The van der Waals surface area contributed by atoms with E-state index in [0.29, 0.717) is 12.8 Å². The van der Waals surface area contributed by atoms with E-state index in [1.807, 2.05) is 6.92 Å². The first kappa shape index (κ1) is 12.9. The van der Waals surface area contributed by atoms with Crippen molar-refractivity contribution in [2.75, 3.05) is 0 Å². The normalized spacial score (nSPS) is 13.4. The molecule has 0 saturated heterocycles. The fourth-order valence-electron chi connectivity index (χ4n) is 1.00. The van der Waals surface area contributed by atoms with Gasteiger partial charge >= 0.3 is 11.9 Å². The summed E-state index contributed by atoms with van der Waals surface area (Å²) in [6.45, 7) is 6.99. The lowest BCUT2D eigenvalue weighted by Gasteiger charge is -2.21. The molecular formula is C10H18O4. The lowest BCUT2D eigenvalue weighted by Crippen LogP contribution is -2.32. The summed E-state index contributed by atoms with van der Waals surface area (Å²) in [6, 6.07) is 0. The molecule has 0 fully saturated rings. The summed E-state index contributed by atoms with van der Waals surface area (Å²) >= 11 is 0. The van der Waals surface area contributed by atoms with E-state index in [4.69, 9.17) is 9.84 Å². The highest BCUT2D eigenvalue weighted by Gasteiger charge is 2.29. The van der Waals surface area contributed by atoms with E-state index in [-0.39, 0.29) is 0 Å². The van der Waals surface area contributed by atoms with Gasteiger partial charge < -0.3 is 9.84 Å². The van der Waals surface area contributed by atoms with Crippen LogP contribution in [0.1, 0.15) is 40.5 Å². The summed E-state index contributed by atoms with van der Waals surface area (Å²) in [5.74, 6) is -2.79. The molecule has 0 aromatic carbocycles. The molecule has 0 heterocycles. The van der Waals surface area contributed by atoms with Crippen LogP contribution in [0.15, 0.2) is 0 Å². The SMILES string of the molecule is CCCC(C(=O)O)C(=O)OC(C)(C)C. The zero-order valence-electron chi connectivity index (χ0n) is 9.16. The molecule has 0 aliphatic heterocycles. The van der Waals surface area contributed by atoms with Gasteiger partial charge in [-0.3, -0.25) is 9.59 Å². The highest BCUT2D eigenvalue weighted by atomic mass is 16.6. The third kappa shape index (κ3) is 4.84. The summed E-state index contributed by atoms with van der Waals surface area (Å²) in [6.07, 6.45) is 0.973. The minimum absolute atomic E-state index is 0.324. The summed E-state index contributed by atoms with van der Waals surface area (Å²) in [4.78, 5) is 22.1. The lowest BCUT2D eigenvalue weighted by molar-refractivity contribution is -0.167. The molecule has 1 atom stereocenters. The largest absolute Gasteiger partial charge is 0.481 e. The number of aliphatic carboxylic acids is 1. The first-order chi connectivity index (χ1) is 6.28. The van der Waals surface area contributed by atoms with Gasteiger partial charge in [-0.15, -0.1) is 0 Å². The molecule has 0 saturated carbocycles. The van der Waals surface area contributed by atoms with Crippen LogP contribution < -0.4 is 0 Å². The van der Waals surface area contributed by atoms with Crippen LogP contribution in [-0.2, 0) is 14.3 Å². The van der Waals surface area contributed by atoms with Gasteiger partial charge in [0.05, 0.1) is 0 Å². The van der Waals surface area contributed by atoms with Crippen molar-refractivity contribution in [2.45, 2.75) is 46.1 Å². The second-order valence-electron chi connectivity index (χ2n) is 4.21. The molecule has 0 aromatic rings. The maximum atomic E-state index is 11.4. The number of hydrogen-bond acceptors (Lipinski definition) is 3. The van der Waals surface area contributed by atoms with Crippen LogP contribution in [0.25, 0.3) is 0 Å². The maximum absolute atomic E-state index is 11.4. The Kier molecular flexibility index (Phi) is 4.60. The molecule has 0 aliphatic rings. The Balaban J connectivity index is 4.38. The minimum Gasteiger partial charge on any atom is -0.481 e. The highest BCUT2D eigenvalue weighted by Crippen LogP contribution is 2.15. The van der Waals surface area contributed by atoms with Crippen molar-refractivity contribution in [2.24, 2.45) is 5.92 Å². The second-order valence-corrected chi connectivity index (χ2v) is 4.21. The van der Waals surface area contributed by atoms with Gasteiger partial charge in [-0.2, -0.15) is 0 Å². The zero-order valence-corrected chi connectivity index (χ0v) is 9.16. The van der Waals surface area contributed by atoms with Crippen molar-refractivity contribution in [1.82, 2.24) is 0 Å². The molecule has 0 aliphatic carbocycles. The summed E-state index contributed by atoms with van der Waals surface area (Å²) in [7, 11) is 0. The van der Waals surface area contributed by atoms with Gasteiger partial charge in [0, 0.05) is 0 Å². The van der Waals surface area contributed by atoms with Gasteiger partial charge in [0.25, 0.3) is 0 Å². The van der Waals surface area contributed by atoms with E-state index >= 15 is 0 Å². The van der Waals surface area contributed by atoms with Gasteiger partial charge in [0.2, 0.25) is 0 Å². The van der Waals surface area contributed by atoms with Gasteiger partial charge in [-0.25, -0.2) is 0 Å². The van der Waals surface area contributed by atoms with E-state index in [9.17, 15) is 9.59 Å². The van der Waals surface area contributed by atoms with Crippen LogP contribution in [0.4, 0.5) is 0 Å². The third-order valence-electron chi connectivity index (χ3n) is 1.57. The van der Waals surface area contributed by atoms with Gasteiger partial charge in [-0.05, 0) is 27.2 Å². The number of carbonyl (C=O) groups is 2. The van der Waals surface area contributed by atoms with Crippen LogP contribution in [0.3, 0.4) is 0 Å². The number of ether oxygens (including phenoxy) is 1.